The number of aliphatic imine (C=N–C) groups is 1. The van der Waals surface area contributed by atoms with Gasteiger partial charge in [0.2, 0.25) is 0 Å². The average molecular weight is 549 g/mol. The van der Waals surface area contributed by atoms with E-state index < -0.39 is 0 Å². The summed E-state index contributed by atoms with van der Waals surface area (Å²) in [7, 11) is 1.89. The van der Waals surface area contributed by atoms with E-state index in [4.69, 9.17) is 9.47 Å². The zero-order valence-corrected chi connectivity index (χ0v) is 21.4. The van der Waals surface area contributed by atoms with Crippen LogP contribution in [0.2, 0.25) is 0 Å². The van der Waals surface area contributed by atoms with E-state index in [1.165, 1.54) is 30.8 Å². The molecule has 0 amide bonds. The highest BCUT2D eigenvalue weighted by Crippen LogP contribution is 2.29. The molecule has 0 bridgehead atoms. The van der Waals surface area contributed by atoms with Crippen LogP contribution in [-0.4, -0.2) is 81.0 Å². The Morgan fingerprint density at radius 2 is 2.00 bits per heavy atom. The lowest BCUT2D eigenvalue weighted by Crippen LogP contribution is -2.54. The van der Waals surface area contributed by atoms with Crippen LogP contribution < -0.4 is 5.32 Å². The summed E-state index contributed by atoms with van der Waals surface area (Å²) in [4.78, 5) is 11.0. The van der Waals surface area contributed by atoms with Crippen molar-refractivity contribution in [2.24, 2.45) is 10.9 Å². The van der Waals surface area contributed by atoms with Gasteiger partial charge in [-0.15, -0.1) is 35.3 Å². The number of thiophene rings is 1. The number of nitrogens with zero attached hydrogens (tertiary/aromatic N) is 3. The third-order valence-corrected chi connectivity index (χ3v) is 7.54. The fourth-order valence-corrected chi connectivity index (χ4v) is 5.60. The Kier molecular flexibility index (Phi) is 9.68. The molecule has 3 aliphatic rings. The summed E-state index contributed by atoms with van der Waals surface area (Å²) >= 11 is 1.87. The minimum atomic E-state index is 0. The van der Waals surface area contributed by atoms with Gasteiger partial charge in [-0.05, 0) is 56.1 Å². The summed E-state index contributed by atoms with van der Waals surface area (Å²) in [5, 5.41) is 5.88. The summed E-state index contributed by atoms with van der Waals surface area (Å²) in [6, 6.07) is 4.86. The fraction of sp³-hybridized carbons (Fsp3) is 0.773. The Morgan fingerprint density at radius 3 is 2.67 bits per heavy atom. The van der Waals surface area contributed by atoms with Crippen molar-refractivity contribution in [3.05, 3.63) is 22.4 Å². The van der Waals surface area contributed by atoms with Crippen LogP contribution in [0.15, 0.2) is 22.5 Å². The number of ether oxygens (including phenoxy) is 2. The fourth-order valence-electron chi connectivity index (χ4n) is 4.74. The molecule has 30 heavy (non-hydrogen) atoms. The van der Waals surface area contributed by atoms with Crippen molar-refractivity contribution in [1.29, 1.82) is 0 Å². The van der Waals surface area contributed by atoms with E-state index >= 15 is 0 Å². The van der Waals surface area contributed by atoms with E-state index in [1.54, 1.807) is 0 Å². The molecule has 4 rings (SSSR count). The second-order valence-corrected chi connectivity index (χ2v) is 9.56. The molecule has 0 radical (unpaired) electrons. The van der Waals surface area contributed by atoms with Crippen LogP contribution in [0, 0.1) is 5.92 Å². The van der Waals surface area contributed by atoms with Crippen molar-refractivity contribution in [3.8, 4) is 0 Å². The summed E-state index contributed by atoms with van der Waals surface area (Å²) in [5.74, 6) is 1.84. The molecule has 0 aromatic carbocycles. The number of rotatable bonds is 5. The molecule has 3 saturated heterocycles. The summed E-state index contributed by atoms with van der Waals surface area (Å²) in [5.41, 5.74) is 0. The second kappa shape index (κ2) is 12.0. The van der Waals surface area contributed by atoms with Gasteiger partial charge in [0.15, 0.2) is 5.96 Å². The predicted molar refractivity (Wildman–Crippen MR) is 134 cm³/mol. The van der Waals surface area contributed by atoms with Gasteiger partial charge in [-0.25, -0.2) is 0 Å². The summed E-state index contributed by atoms with van der Waals surface area (Å²) < 4.78 is 11.9. The van der Waals surface area contributed by atoms with Crippen molar-refractivity contribution >= 4 is 41.3 Å². The van der Waals surface area contributed by atoms with Gasteiger partial charge in [0, 0.05) is 38.2 Å². The Labute approximate surface area is 202 Å². The smallest absolute Gasteiger partial charge is 0.193 e. The number of nitrogens with one attached hydrogen (secondary N) is 1. The molecule has 3 atom stereocenters. The van der Waals surface area contributed by atoms with Crippen LogP contribution in [0.25, 0.3) is 0 Å². The number of hydrogen-bond acceptors (Lipinski definition) is 5. The molecule has 0 saturated carbocycles. The van der Waals surface area contributed by atoms with Crippen LogP contribution in [0.3, 0.4) is 0 Å². The third-order valence-electron chi connectivity index (χ3n) is 6.57. The van der Waals surface area contributed by atoms with Crippen molar-refractivity contribution in [1.82, 2.24) is 15.1 Å². The highest BCUT2D eigenvalue weighted by atomic mass is 127. The van der Waals surface area contributed by atoms with Gasteiger partial charge in [-0.1, -0.05) is 13.0 Å². The summed E-state index contributed by atoms with van der Waals surface area (Å²) in [6.07, 6.45) is 5.24. The van der Waals surface area contributed by atoms with Gasteiger partial charge in [0.25, 0.3) is 0 Å². The third kappa shape index (κ3) is 6.09. The lowest BCUT2D eigenvalue weighted by atomic mass is 9.97. The van der Waals surface area contributed by atoms with Gasteiger partial charge in [-0.3, -0.25) is 9.89 Å². The molecule has 170 valence electrons. The molecule has 1 aromatic rings. The summed E-state index contributed by atoms with van der Waals surface area (Å²) in [6.45, 7) is 8.98. The Bertz CT molecular complexity index is 646. The topological polar surface area (TPSA) is 49.3 Å². The quantitative estimate of drug-likeness (QED) is 0.347. The standard InChI is InChI=1S/C22H36N4O2S.HI/c1-17-7-9-25(10-8-17)18(21-6-4-14-29-21)15-24-22(23-2)26-11-13-28-20(16-26)19-5-3-12-27-19;/h4,6,14,17-20H,3,5,7-13,15-16H2,1-2H3,(H,23,24);1H. The highest BCUT2D eigenvalue weighted by molar-refractivity contribution is 14.0. The van der Waals surface area contributed by atoms with Crippen LogP contribution in [0.4, 0.5) is 0 Å². The number of piperidine rings is 1. The van der Waals surface area contributed by atoms with Gasteiger partial charge in [0.1, 0.15) is 6.10 Å². The van der Waals surface area contributed by atoms with E-state index in [0.29, 0.717) is 6.04 Å². The zero-order valence-electron chi connectivity index (χ0n) is 18.3. The van der Waals surface area contributed by atoms with E-state index in [1.807, 2.05) is 18.4 Å². The Balaban J connectivity index is 0.00000256. The molecule has 1 N–H and O–H groups in total. The molecule has 3 fully saturated rings. The minimum Gasteiger partial charge on any atom is -0.375 e. The van der Waals surface area contributed by atoms with Crippen LogP contribution in [-0.2, 0) is 9.47 Å². The normalized spacial score (nSPS) is 27.7. The maximum Gasteiger partial charge on any atom is 0.193 e. The van der Waals surface area contributed by atoms with Gasteiger partial charge >= 0.3 is 0 Å². The highest BCUT2D eigenvalue weighted by Gasteiger charge is 2.33. The zero-order chi connectivity index (χ0) is 20.1. The lowest BCUT2D eigenvalue weighted by Gasteiger charge is -2.39. The number of hydrogen-bond donors (Lipinski definition) is 1. The predicted octanol–water partition coefficient (Wildman–Crippen LogP) is 3.59. The molecule has 4 heterocycles. The first kappa shape index (κ1) is 24.2. The van der Waals surface area contributed by atoms with Crippen LogP contribution in [0.5, 0.6) is 0 Å². The monoisotopic (exact) mass is 548 g/mol. The number of likely N-dealkylation sites (tertiary alicyclic amines) is 1. The molecule has 3 aliphatic heterocycles. The number of morpholine rings is 1. The molecule has 1 aromatic heterocycles. The largest absolute Gasteiger partial charge is 0.375 e. The molecule has 0 spiro atoms. The van der Waals surface area contributed by atoms with Gasteiger partial charge in [-0.2, -0.15) is 0 Å². The minimum absolute atomic E-state index is 0. The van der Waals surface area contributed by atoms with E-state index in [2.05, 4.69) is 44.5 Å². The Morgan fingerprint density at radius 1 is 1.20 bits per heavy atom. The number of halogens is 1. The first-order chi connectivity index (χ1) is 14.2. The van der Waals surface area contributed by atoms with Gasteiger partial charge < -0.3 is 19.7 Å². The molecule has 0 aliphatic carbocycles. The van der Waals surface area contributed by atoms with Crippen molar-refractivity contribution < 1.29 is 9.47 Å². The van der Waals surface area contributed by atoms with Crippen molar-refractivity contribution in [3.63, 3.8) is 0 Å². The molecule has 3 unspecified atom stereocenters. The first-order valence-electron chi connectivity index (χ1n) is 11.2. The molecular weight excluding hydrogens is 511 g/mol. The molecular formula is C22H37IN4O2S. The maximum absolute atomic E-state index is 6.02. The van der Waals surface area contributed by atoms with Gasteiger partial charge in [0.05, 0.1) is 18.8 Å². The van der Waals surface area contributed by atoms with E-state index in [0.717, 1.165) is 57.6 Å². The first-order valence-corrected chi connectivity index (χ1v) is 12.1. The van der Waals surface area contributed by atoms with E-state index in [9.17, 15) is 0 Å². The number of guanidine groups is 1. The van der Waals surface area contributed by atoms with Crippen molar-refractivity contribution in [2.45, 2.75) is 50.9 Å². The second-order valence-electron chi connectivity index (χ2n) is 8.58. The average Bonchev–Trinajstić information content (AvgIpc) is 3.47. The molecule has 8 heteroatoms. The van der Waals surface area contributed by atoms with Crippen LogP contribution >= 0.6 is 35.3 Å². The molecule has 6 nitrogen and oxygen atoms in total. The van der Waals surface area contributed by atoms with Crippen LogP contribution in [0.1, 0.15) is 43.5 Å². The van der Waals surface area contributed by atoms with Crippen molar-refractivity contribution in [2.75, 3.05) is 53.0 Å². The lowest BCUT2D eigenvalue weighted by molar-refractivity contribution is -0.0817. The Hall–Kier alpha value is -0.420. The van der Waals surface area contributed by atoms with E-state index in [-0.39, 0.29) is 36.2 Å². The maximum atomic E-state index is 6.02. The SMILES string of the molecule is CN=C(NCC(c1cccs1)N1CCC(C)CC1)N1CCOC(C2CCCO2)C1.I.